The first-order valence-corrected chi connectivity index (χ1v) is 12.0. The molecular formula is C21H26N2O3S2. The Morgan fingerprint density at radius 3 is 2.39 bits per heavy atom. The van der Waals surface area contributed by atoms with Crippen molar-refractivity contribution in [1.82, 2.24) is 4.31 Å². The molecule has 0 aromatic heterocycles. The molecule has 1 aliphatic rings. The van der Waals surface area contributed by atoms with Crippen LogP contribution in [0.4, 0.5) is 5.69 Å². The SMILES string of the molecule is CCSc1ccccc1C(=O)Nc1ccc(S(=O)(=O)N2CCC(C)CC2)cc1. The number of thioether (sulfide) groups is 1. The maximum Gasteiger partial charge on any atom is 0.256 e. The maximum absolute atomic E-state index is 12.8. The average molecular weight is 419 g/mol. The van der Waals surface area contributed by atoms with Gasteiger partial charge in [0.1, 0.15) is 0 Å². The van der Waals surface area contributed by atoms with E-state index in [2.05, 4.69) is 12.2 Å². The zero-order valence-corrected chi connectivity index (χ0v) is 17.9. The van der Waals surface area contributed by atoms with Crippen LogP contribution in [0.25, 0.3) is 0 Å². The van der Waals surface area contributed by atoms with Gasteiger partial charge >= 0.3 is 0 Å². The molecule has 1 fully saturated rings. The summed E-state index contributed by atoms with van der Waals surface area (Å²) in [4.78, 5) is 13.8. The van der Waals surface area contributed by atoms with E-state index in [-0.39, 0.29) is 10.8 Å². The van der Waals surface area contributed by atoms with Crippen molar-refractivity contribution in [3.05, 3.63) is 54.1 Å². The standard InChI is InChI=1S/C21H26N2O3S2/c1-3-27-20-7-5-4-6-19(20)21(24)22-17-8-10-18(11-9-17)28(25,26)23-14-12-16(2)13-15-23/h4-11,16H,3,12-15H2,1-2H3,(H,22,24). The third-order valence-electron chi connectivity index (χ3n) is 4.92. The molecule has 3 rings (SSSR count). The van der Waals surface area contributed by atoms with E-state index in [9.17, 15) is 13.2 Å². The van der Waals surface area contributed by atoms with Crippen molar-refractivity contribution in [3.8, 4) is 0 Å². The number of nitrogens with zero attached hydrogens (tertiary/aromatic N) is 1. The fraction of sp³-hybridized carbons (Fsp3) is 0.381. The molecule has 1 heterocycles. The molecule has 1 N–H and O–H groups in total. The lowest BCUT2D eigenvalue weighted by atomic mass is 10.0. The monoisotopic (exact) mass is 418 g/mol. The predicted octanol–water partition coefficient (Wildman–Crippen LogP) is 4.47. The van der Waals surface area contributed by atoms with Crippen LogP contribution in [0.5, 0.6) is 0 Å². The lowest BCUT2D eigenvalue weighted by Crippen LogP contribution is -2.37. The van der Waals surface area contributed by atoms with Gasteiger partial charge in [-0.25, -0.2) is 8.42 Å². The van der Waals surface area contributed by atoms with Crippen LogP contribution in [0, 0.1) is 5.92 Å². The van der Waals surface area contributed by atoms with Gasteiger partial charge < -0.3 is 5.32 Å². The van der Waals surface area contributed by atoms with Crippen molar-refractivity contribution in [2.45, 2.75) is 36.5 Å². The first-order valence-electron chi connectivity index (χ1n) is 9.55. The molecule has 0 saturated carbocycles. The van der Waals surface area contributed by atoms with E-state index in [1.54, 1.807) is 46.4 Å². The molecule has 5 nitrogen and oxygen atoms in total. The topological polar surface area (TPSA) is 66.5 Å². The van der Waals surface area contributed by atoms with Crippen LogP contribution in [0.2, 0.25) is 0 Å². The minimum atomic E-state index is -3.48. The normalized spacial score (nSPS) is 16.1. The molecule has 0 spiro atoms. The summed E-state index contributed by atoms with van der Waals surface area (Å²) >= 11 is 1.62. The van der Waals surface area contributed by atoms with E-state index in [4.69, 9.17) is 0 Å². The van der Waals surface area contributed by atoms with Gasteiger partial charge in [-0.15, -0.1) is 11.8 Å². The largest absolute Gasteiger partial charge is 0.322 e. The highest BCUT2D eigenvalue weighted by Crippen LogP contribution is 2.26. The Kier molecular flexibility index (Phi) is 6.80. The van der Waals surface area contributed by atoms with Crippen LogP contribution < -0.4 is 5.32 Å². The Morgan fingerprint density at radius 1 is 1.11 bits per heavy atom. The highest BCUT2D eigenvalue weighted by Gasteiger charge is 2.27. The third-order valence-corrected chi connectivity index (χ3v) is 7.79. The Labute approximate surface area is 171 Å². The third kappa shape index (κ3) is 4.77. The van der Waals surface area contributed by atoms with Gasteiger partial charge in [-0.3, -0.25) is 4.79 Å². The van der Waals surface area contributed by atoms with Crippen LogP contribution in [-0.4, -0.2) is 37.5 Å². The maximum atomic E-state index is 12.8. The number of piperidine rings is 1. The number of anilines is 1. The Hall–Kier alpha value is -1.83. The molecule has 1 amide bonds. The number of hydrogen-bond donors (Lipinski definition) is 1. The number of amides is 1. The number of rotatable bonds is 6. The lowest BCUT2D eigenvalue weighted by Gasteiger charge is -2.29. The summed E-state index contributed by atoms with van der Waals surface area (Å²) in [6.45, 7) is 5.32. The molecule has 1 saturated heterocycles. The summed E-state index contributed by atoms with van der Waals surface area (Å²) in [5.74, 6) is 1.25. The Balaban J connectivity index is 1.72. The van der Waals surface area contributed by atoms with Crippen molar-refractivity contribution in [1.29, 1.82) is 0 Å². The first-order chi connectivity index (χ1) is 13.4. The lowest BCUT2D eigenvalue weighted by molar-refractivity contribution is 0.102. The molecule has 150 valence electrons. The van der Waals surface area contributed by atoms with Gasteiger partial charge in [0.25, 0.3) is 5.91 Å². The van der Waals surface area contributed by atoms with E-state index in [0.29, 0.717) is 30.3 Å². The summed E-state index contributed by atoms with van der Waals surface area (Å²) in [5.41, 5.74) is 1.20. The van der Waals surface area contributed by atoms with Gasteiger partial charge in [0, 0.05) is 23.7 Å². The minimum absolute atomic E-state index is 0.197. The van der Waals surface area contributed by atoms with Crippen molar-refractivity contribution in [2.24, 2.45) is 5.92 Å². The molecule has 2 aromatic carbocycles. The van der Waals surface area contributed by atoms with Crippen LogP contribution in [0.3, 0.4) is 0 Å². The smallest absolute Gasteiger partial charge is 0.256 e. The van der Waals surface area contributed by atoms with Gasteiger partial charge in [-0.2, -0.15) is 4.31 Å². The second-order valence-electron chi connectivity index (χ2n) is 6.99. The minimum Gasteiger partial charge on any atom is -0.322 e. The number of carbonyl (C=O) groups is 1. The van der Waals surface area contributed by atoms with Gasteiger partial charge in [-0.05, 0) is 60.9 Å². The second-order valence-corrected chi connectivity index (χ2v) is 10.2. The Morgan fingerprint density at radius 2 is 1.75 bits per heavy atom. The second kappa shape index (κ2) is 9.11. The summed E-state index contributed by atoms with van der Waals surface area (Å²) in [6.07, 6.45) is 1.78. The zero-order chi connectivity index (χ0) is 20.1. The molecule has 0 unspecified atom stereocenters. The highest BCUT2D eigenvalue weighted by molar-refractivity contribution is 7.99. The van der Waals surface area contributed by atoms with E-state index in [1.165, 1.54) is 0 Å². The summed E-state index contributed by atoms with van der Waals surface area (Å²) in [7, 11) is -3.48. The number of nitrogens with one attached hydrogen (secondary N) is 1. The summed E-state index contributed by atoms with van der Waals surface area (Å²) in [6, 6.07) is 13.9. The van der Waals surface area contributed by atoms with Crippen molar-refractivity contribution in [2.75, 3.05) is 24.2 Å². The highest BCUT2D eigenvalue weighted by atomic mass is 32.2. The molecule has 7 heteroatoms. The fourth-order valence-electron chi connectivity index (χ4n) is 3.22. The molecule has 0 aliphatic carbocycles. The van der Waals surface area contributed by atoms with E-state index >= 15 is 0 Å². The predicted molar refractivity (Wildman–Crippen MR) is 114 cm³/mol. The average Bonchev–Trinajstić information content (AvgIpc) is 2.69. The number of sulfonamides is 1. The zero-order valence-electron chi connectivity index (χ0n) is 16.2. The first kappa shape index (κ1) is 20.9. The summed E-state index contributed by atoms with van der Waals surface area (Å²) < 4.78 is 27.2. The molecule has 1 aliphatic heterocycles. The molecular weight excluding hydrogens is 392 g/mol. The Bertz CT molecular complexity index is 919. The number of hydrogen-bond acceptors (Lipinski definition) is 4. The van der Waals surface area contributed by atoms with Gasteiger partial charge in [0.2, 0.25) is 10.0 Å². The van der Waals surface area contributed by atoms with Crippen LogP contribution in [-0.2, 0) is 10.0 Å². The summed E-state index contributed by atoms with van der Waals surface area (Å²) in [5, 5.41) is 2.86. The van der Waals surface area contributed by atoms with Crippen LogP contribution in [0.15, 0.2) is 58.3 Å². The molecule has 2 aromatic rings. The van der Waals surface area contributed by atoms with Crippen molar-refractivity contribution < 1.29 is 13.2 Å². The van der Waals surface area contributed by atoms with Gasteiger partial charge in [0.15, 0.2) is 0 Å². The van der Waals surface area contributed by atoms with E-state index < -0.39 is 10.0 Å². The van der Waals surface area contributed by atoms with Crippen LogP contribution in [0.1, 0.15) is 37.0 Å². The molecule has 0 radical (unpaired) electrons. The quantitative estimate of drug-likeness (QED) is 0.703. The van der Waals surface area contributed by atoms with Gasteiger partial charge in [0.05, 0.1) is 10.5 Å². The molecule has 0 bridgehead atoms. The van der Waals surface area contributed by atoms with Crippen molar-refractivity contribution >= 4 is 33.4 Å². The van der Waals surface area contributed by atoms with E-state index in [1.807, 2.05) is 25.1 Å². The molecule has 28 heavy (non-hydrogen) atoms. The number of benzene rings is 2. The van der Waals surface area contributed by atoms with E-state index in [0.717, 1.165) is 23.5 Å². The van der Waals surface area contributed by atoms with Crippen LogP contribution >= 0.6 is 11.8 Å². The van der Waals surface area contributed by atoms with Gasteiger partial charge in [-0.1, -0.05) is 26.0 Å². The van der Waals surface area contributed by atoms with Crippen molar-refractivity contribution in [3.63, 3.8) is 0 Å². The number of carbonyl (C=O) groups excluding carboxylic acids is 1. The molecule has 0 atom stereocenters. The fourth-order valence-corrected chi connectivity index (χ4v) is 5.49.